The van der Waals surface area contributed by atoms with Crippen molar-refractivity contribution in [2.45, 2.75) is 0 Å². The highest BCUT2D eigenvalue weighted by Gasteiger charge is 2.20. The Labute approximate surface area is 341 Å². The summed E-state index contributed by atoms with van der Waals surface area (Å²) in [7, 11) is 0. The Morgan fingerprint density at radius 3 is 1.54 bits per heavy atom. The number of hydrogen-bond acceptors (Lipinski definition) is 4. The largest absolute Gasteiger partial charge is 0.455 e. The third-order valence-electron chi connectivity index (χ3n) is 11.2. The lowest BCUT2D eigenvalue weighted by molar-refractivity contribution is 0.670. The lowest BCUT2D eigenvalue weighted by atomic mass is 9.95. The molecule has 0 aliphatic carbocycles. The van der Waals surface area contributed by atoms with E-state index in [0.717, 1.165) is 72.0 Å². The van der Waals surface area contributed by atoms with Crippen molar-refractivity contribution in [2.75, 3.05) is 0 Å². The molecule has 0 aliphatic heterocycles. The predicted octanol–water partition coefficient (Wildman–Crippen LogP) is 14.6. The van der Waals surface area contributed by atoms with E-state index in [-0.39, 0.29) is 0 Å². The van der Waals surface area contributed by atoms with Gasteiger partial charge in [-0.3, -0.25) is 0 Å². The second-order valence-electron chi connectivity index (χ2n) is 14.8. The van der Waals surface area contributed by atoms with Crippen molar-refractivity contribution in [2.24, 2.45) is 0 Å². The Hall–Kier alpha value is -7.95. The summed E-state index contributed by atoms with van der Waals surface area (Å²) in [6.45, 7) is 0. The van der Waals surface area contributed by atoms with E-state index in [1.54, 1.807) is 0 Å². The maximum atomic E-state index is 6.75. The molecule has 4 nitrogen and oxygen atoms in total. The van der Waals surface area contributed by atoms with Gasteiger partial charge in [-0.2, -0.15) is 0 Å². The summed E-state index contributed by atoms with van der Waals surface area (Å²) >= 11 is 0. The molecule has 0 atom stereocenters. The molecule has 0 amide bonds. The van der Waals surface area contributed by atoms with Gasteiger partial charge in [0.15, 0.2) is 17.5 Å². The van der Waals surface area contributed by atoms with E-state index < -0.39 is 0 Å². The van der Waals surface area contributed by atoms with Gasteiger partial charge in [-0.05, 0) is 61.8 Å². The molecule has 0 unspecified atom stereocenters. The Bertz CT molecular complexity index is 3290. The SMILES string of the molecule is c1ccc(-c2ccc(-c3nc(-c4cccc(-c5ccccc5)c4)nc(-c4cccc5oc6c(-c7ccc(-c8cccc9ccccc89)cc7)cccc6c45)n3)cc2)cc1. The van der Waals surface area contributed by atoms with Crippen LogP contribution in [0.25, 0.3) is 111 Å². The van der Waals surface area contributed by atoms with Crippen LogP contribution in [0.3, 0.4) is 0 Å². The van der Waals surface area contributed by atoms with E-state index in [9.17, 15) is 0 Å². The summed E-state index contributed by atoms with van der Waals surface area (Å²) < 4.78 is 6.75. The molecule has 4 heteroatoms. The van der Waals surface area contributed by atoms with E-state index in [4.69, 9.17) is 19.4 Å². The van der Waals surface area contributed by atoms with Gasteiger partial charge in [-0.1, -0.05) is 200 Å². The van der Waals surface area contributed by atoms with E-state index in [1.807, 2.05) is 24.3 Å². The lowest BCUT2D eigenvalue weighted by Gasteiger charge is -2.11. The average molecular weight is 754 g/mol. The van der Waals surface area contributed by atoms with Gasteiger partial charge in [0.05, 0.1) is 0 Å². The van der Waals surface area contributed by atoms with E-state index in [0.29, 0.717) is 17.5 Å². The van der Waals surface area contributed by atoms with Crippen LogP contribution in [0.5, 0.6) is 0 Å². The number of hydrogen-bond donors (Lipinski definition) is 0. The highest BCUT2D eigenvalue weighted by atomic mass is 16.3. The molecule has 0 fully saturated rings. The number of rotatable bonds is 7. The Balaban J connectivity index is 1.04. The third-order valence-corrected chi connectivity index (χ3v) is 11.2. The molecule has 0 saturated carbocycles. The Morgan fingerprint density at radius 2 is 0.763 bits per heavy atom. The van der Waals surface area contributed by atoms with Crippen LogP contribution in [0.1, 0.15) is 0 Å². The number of furan rings is 1. The van der Waals surface area contributed by atoms with Crippen LogP contribution >= 0.6 is 0 Å². The second kappa shape index (κ2) is 14.5. The maximum absolute atomic E-state index is 6.75. The minimum absolute atomic E-state index is 0.584. The normalized spacial score (nSPS) is 11.4. The van der Waals surface area contributed by atoms with Gasteiger partial charge in [0.1, 0.15) is 11.2 Å². The molecule has 0 saturated heterocycles. The first-order chi connectivity index (χ1) is 29.2. The van der Waals surface area contributed by atoms with Gasteiger partial charge < -0.3 is 4.42 Å². The van der Waals surface area contributed by atoms with Gasteiger partial charge in [0.2, 0.25) is 0 Å². The van der Waals surface area contributed by atoms with Crippen molar-refractivity contribution >= 4 is 32.7 Å². The molecule has 0 N–H and O–H groups in total. The minimum Gasteiger partial charge on any atom is -0.455 e. The molecule has 0 radical (unpaired) electrons. The third kappa shape index (κ3) is 6.34. The molecule has 59 heavy (non-hydrogen) atoms. The van der Waals surface area contributed by atoms with Gasteiger partial charge in [0.25, 0.3) is 0 Å². The fourth-order valence-corrected chi connectivity index (χ4v) is 8.23. The van der Waals surface area contributed by atoms with Gasteiger partial charge in [0, 0.05) is 33.0 Å². The monoisotopic (exact) mass is 753 g/mol. The van der Waals surface area contributed by atoms with Crippen molar-refractivity contribution in [3.8, 4) is 78.7 Å². The van der Waals surface area contributed by atoms with Crippen LogP contribution in [-0.4, -0.2) is 15.0 Å². The van der Waals surface area contributed by atoms with Crippen molar-refractivity contribution in [3.63, 3.8) is 0 Å². The molecular weight excluding hydrogens is 719 g/mol. The minimum atomic E-state index is 0.584. The first-order valence-corrected chi connectivity index (χ1v) is 19.8. The highest BCUT2D eigenvalue weighted by molar-refractivity contribution is 6.15. The second-order valence-corrected chi connectivity index (χ2v) is 14.8. The summed E-state index contributed by atoms with van der Waals surface area (Å²) in [6, 6.07) is 74.0. The zero-order valence-electron chi connectivity index (χ0n) is 32.0. The Morgan fingerprint density at radius 1 is 0.288 bits per heavy atom. The molecule has 0 spiro atoms. The summed E-state index contributed by atoms with van der Waals surface area (Å²) in [5.74, 6) is 1.79. The van der Waals surface area contributed by atoms with Crippen LogP contribution in [0.4, 0.5) is 0 Å². The molecule has 2 heterocycles. The van der Waals surface area contributed by atoms with Crippen molar-refractivity contribution < 1.29 is 4.42 Å². The van der Waals surface area contributed by atoms with Crippen molar-refractivity contribution in [1.82, 2.24) is 15.0 Å². The van der Waals surface area contributed by atoms with Crippen LogP contribution in [0.15, 0.2) is 217 Å². The molecule has 0 bridgehead atoms. The quantitative estimate of drug-likeness (QED) is 0.163. The van der Waals surface area contributed by atoms with E-state index in [1.165, 1.54) is 21.9 Å². The highest BCUT2D eigenvalue weighted by Crippen LogP contribution is 2.41. The topological polar surface area (TPSA) is 51.8 Å². The summed E-state index contributed by atoms with van der Waals surface area (Å²) in [6.07, 6.45) is 0. The first-order valence-electron chi connectivity index (χ1n) is 19.8. The smallest absolute Gasteiger partial charge is 0.164 e. The zero-order chi connectivity index (χ0) is 39.1. The number of aromatic nitrogens is 3. The predicted molar refractivity (Wildman–Crippen MR) is 243 cm³/mol. The molecule has 11 aromatic rings. The Kier molecular flexibility index (Phi) is 8.45. The van der Waals surface area contributed by atoms with Crippen LogP contribution < -0.4 is 0 Å². The summed E-state index contributed by atoms with van der Waals surface area (Å²) in [5, 5.41) is 4.45. The van der Waals surface area contributed by atoms with Crippen molar-refractivity contribution in [1.29, 1.82) is 0 Å². The molecule has 276 valence electrons. The average Bonchev–Trinajstić information content (AvgIpc) is 3.71. The van der Waals surface area contributed by atoms with Gasteiger partial charge in [-0.25, -0.2) is 15.0 Å². The molecular formula is C55H35N3O. The van der Waals surface area contributed by atoms with E-state index >= 15 is 0 Å². The number of benzene rings is 9. The molecule has 9 aromatic carbocycles. The molecule has 11 rings (SSSR count). The van der Waals surface area contributed by atoms with Gasteiger partial charge in [-0.15, -0.1) is 0 Å². The summed E-state index contributed by atoms with van der Waals surface area (Å²) in [4.78, 5) is 15.5. The van der Waals surface area contributed by atoms with Crippen LogP contribution in [0.2, 0.25) is 0 Å². The van der Waals surface area contributed by atoms with Crippen molar-refractivity contribution in [3.05, 3.63) is 212 Å². The maximum Gasteiger partial charge on any atom is 0.164 e. The number of fused-ring (bicyclic) bond motifs is 4. The lowest BCUT2D eigenvalue weighted by Crippen LogP contribution is -2.00. The molecule has 0 aliphatic rings. The van der Waals surface area contributed by atoms with Crippen LogP contribution in [0, 0.1) is 0 Å². The number of para-hydroxylation sites is 1. The first kappa shape index (κ1) is 34.3. The fraction of sp³-hybridized carbons (Fsp3) is 0. The molecule has 2 aromatic heterocycles. The van der Waals surface area contributed by atoms with Crippen LogP contribution in [-0.2, 0) is 0 Å². The fourth-order valence-electron chi connectivity index (χ4n) is 8.23. The summed E-state index contributed by atoms with van der Waals surface area (Å²) in [5.41, 5.74) is 13.3. The number of nitrogens with zero attached hydrogens (tertiary/aromatic N) is 3. The standard InChI is InChI=1S/C55H35N3O/c1-3-13-36(14-4-1)38-27-33-42(34-28-38)53-56-54(44-20-9-19-43(35-44)37-15-5-2-6-16-37)58-55(57-53)49-25-12-26-50-51(49)48-24-11-23-47(52(48)59-50)41-31-29-40(30-32-41)46-22-10-18-39-17-7-8-21-45(39)46/h1-35H. The van der Waals surface area contributed by atoms with E-state index in [2.05, 4.69) is 188 Å². The zero-order valence-corrected chi connectivity index (χ0v) is 32.0. The van der Waals surface area contributed by atoms with Gasteiger partial charge >= 0.3 is 0 Å².